The number of carbonyl (C=O) groups is 1. The van der Waals surface area contributed by atoms with E-state index in [9.17, 15) is 4.79 Å². The molecule has 0 aromatic heterocycles. The van der Waals surface area contributed by atoms with E-state index in [2.05, 4.69) is 4.74 Å². The Kier molecular flexibility index (Phi) is 11.4. The second-order valence-electron chi connectivity index (χ2n) is 1.42. The molecule has 0 spiro atoms. The Morgan fingerprint density at radius 3 is 2.67 bits per heavy atom. The Morgan fingerprint density at radius 1 is 1.78 bits per heavy atom. The summed E-state index contributed by atoms with van der Waals surface area (Å²) in [6.45, 7) is 2.40. The molecule has 0 saturated heterocycles. The standard InChI is InChI=1S/C5H11NO2.Na.H/c1-2-3-8-5(7)4-6;;/h2-4,6H2,1H3;;/q;+1;-1. The summed E-state index contributed by atoms with van der Waals surface area (Å²) >= 11 is 0. The van der Waals surface area contributed by atoms with Crippen molar-refractivity contribution >= 4 is 5.97 Å². The van der Waals surface area contributed by atoms with Gasteiger partial charge in [-0.2, -0.15) is 0 Å². The second kappa shape index (κ2) is 8.43. The molecular weight excluding hydrogens is 129 g/mol. The van der Waals surface area contributed by atoms with Crippen LogP contribution in [0.5, 0.6) is 0 Å². The molecule has 9 heavy (non-hydrogen) atoms. The van der Waals surface area contributed by atoms with Crippen LogP contribution in [0.2, 0.25) is 0 Å². The topological polar surface area (TPSA) is 52.3 Å². The number of hydrogen-bond acceptors (Lipinski definition) is 3. The zero-order valence-electron chi connectivity index (χ0n) is 7.02. The van der Waals surface area contributed by atoms with Gasteiger partial charge in [0.2, 0.25) is 0 Å². The van der Waals surface area contributed by atoms with E-state index >= 15 is 0 Å². The molecule has 0 radical (unpaired) electrons. The number of esters is 1. The summed E-state index contributed by atoms with van der Waals surface area (Å²) in [6, 6.07) is 0. The van der Waals surface area contributed by atoms with Gasteiger partial charge in [-0.3, -0.25) is 4.79 Å². The minimum atomic E-state index is -0.327. The van der Waals surface area contributed by atoms with E-state index in [1.807, 2.05) is 6.92 Å². The molecule has 0 aromatic carbocycles. The molecule has 0 heterocycles. The van der Waals surface area contributed by atoms with Gasteiger partial charge < -0.3 is 11.9 Å². The third-order valence-corrected chi connectivity index (χ3v) is 0.634. The van der Waals surface area contributed by atoms with Gasteiger partial charge in [0.25, 0.3) is 0 Å². The first-order valence-corrected chi connectivity index (χ1v) is 2.67. The normalized spacial score (nSPS) is 7.78. The summed E-state index contributed by atoms with van der Waals surface area (Å²) < 4.78 is 4.58. The monoisotopic (exact) mass is 141 g/mol. The Balaban J connectivity index is -0.000000245. The molecule has 0 aliphatic carbocycles. The summed E-state index contributed by atoms with van der Waals surface area (Å²) in [5, 5.41) is 0. The fourth-order valence-corrected chi connectivity index (χ4v) is 0.275. The van der Waals surface area contributed by atoms with E-state index in [4.69, 9.17) is 5.73 Å². The fraction of sp³-hybridized carbons (Fsp3) is 0.800. The van der Waals surface area contributed by atoms with E-state index in [1.165, 1.54) is 0 Å². The third-order valence-electron chi connectivity index (χ3n) is 0.634. The van der Waals surface area contributed by atoms with Gasteiger partial charge in [-0.1, -0.05) is 6.92 Å². The van der Waals surface area contributed by atoms with Crippen LogP contribution in [0.3, 0.4) is 0 Å². The zero-order valence-corrected chi connectivity index (χ0v) is 8.02. The molecule has 0 atom stereocenters. The molecule has 0 saturated carbocycles. The molecule has 0 aliphatic heterocycles. The van der Waals surface area contributed by atoms with E-state index in [0.717, 1.165) is 6.42 Å². The minimum absolute atomic E-state index is 0. The van der Waals surface area contributed by atoms with Crippen molar-refractivity contribution in [3.63, 3.8) is 0 Å². The summed E-state index contributed by atoms with van der Waals surface area (Å²) in [7, 11) is 0. The summed E-state index contributed by atoms with van der Waals surface area (Å²) in [5.74, 6) is -0.327. The van der Waals surface area contributed by atoms with Crippen molar-refractivity contribution in [2.24, 2.45) is 5.73 Å². The predicted octanol–water partition coefficient (Wildman–Crippen LogP) is -2.99. The van der Waals surface area contributed by atoms with Crippen molar-refractivity contribution in [3.8, 4) is 0 Å². The quantitative estimate of drug-likeness (QED) is 0.337. The fourth-order valence-electron chi connectivity index (χ4n) is 0.275. The van der Waals surface area contributed by atoms with Gasteiger partial charge in [-0.25, -0.2) is 0 Å². The van der Waals surface area contributed by atoms with Crippen LogP contribution in [-0.2, 0) is 9.53 Å². The van der Waals surface area contributed by atoms with E-state index in [-0.39, 0.29) is 43.5 Å². The Hall–Kier alpha value is 0.430. The van der Waals surface area contributed by atoms with Crippen LogP contribution in [0, 0.1) is 0 Å². The van der Waals surface area contributed by atoms with Crippen LogP contribution >= 0.6 is 0 Å². The van der Waals surface area contributed by atoms with Gasteiger partial charge >= 0.3 is 35.5 Å². The van der Waals surface area contributed by atoms with Crippen LogP contribution in [0.1, 0.15) is 14.8 Å². The molecule has 0 aliphatic rings. The molecule has 2 N–H and O–H groups in total. The average Bonchev–Trinajstić information content (AvgIpc) is 1.83. The molecule has 0 aromatic rings. The van der Waals surface area contributed by atoms with Crippen LogP contribution in [-0.4, -0.2) is 19.1 Å². The zero-order chi connectivity index (χ0) is 6.41. The first kappa shape index (κ1) is 12.1. The molecule has 0 unspecified atom stereocenters. The molecular formula is C5H12NNaO2. The molecule has 0 bridgehead atoms. The Bertz CT molecular complexity index is 82.0. The predicted molar refractivity (Wildman–Crippen MR) is 31.4 cm³/mol. The first-order valence-electron chi connectivity index (χ1n) is 2.67. The van der Waals surface area contributed by atoms with Crippen LogP contribution in [0.15, 0.2) is 0 Å². The smallest absolute Gasteiger partial charge is 1.00 e. The second-order valence-corrected chi connectivity index (χ2v) is 1.42. The van der Waals surface area contributed by atoms with E-state index in [0.29, 0.717) is 6.61 Å². The van der Waals surface area contributed by atoms with E-state index in [1.54, 1.807) is 0 Å². The number of nitrogens with two attached hydrogens (primary N) is 1. The van der Waals surface area contributed by atoms with Crippen molar-refractivity contribution in [1.29, 1.82) is 0 Å². The van der Waals surface area contributed by atoms with Gasteiger partial charge in [0.1, 0.15) is 0 Å². The number of hydrogen-bond donors (Lipinski definition) is 1. The third kappa shape index (κ3) is 8.43. The molecule has 4 heteroatoms. The van der Waals surface area contributed by atoms with Crippen LogP contribution in [0.4, 0.5) is 0 Å². The van der Waals surface area contributed by atoms with Crippen LogP contribution in [0.25, 0.3) is 0 Å². The van der Waals surface area contributed by atoms with Gasteiger partial charge in [-0.15, -0.1) is 0 Å². The maximum absolute atomic E-state index is 10.2. The number of ether oxygens (including phenoxy) is 1. The Morgan fingerprint density at radius 2 is 2.33 bits per heavy atom. The SMILES string of the molecule is CCCOC(=O)CN.[H-].[Na+]. The van der Waals surface area contributed by atoms with Gasteiger partial charge in [0, 0.05) is 0 Å². The summed E-state index contributed by atoms with van der Waals surface area (Å²) in [4.78, 5) is 10.2. The molecule has 50 valence electrons. The number of carbonyl (C=O) groups excluding carboxylic acids is 1. The molecule has 0 rings (SSSR count). The van der Waals surface area contributed by atoms with Gasteiger partial charge in [0.15, 0.2) is 0 Å². The summed E-state index contributed by atoms with van der Waals surface area (Å²) in [6.07, 6.45) is 0.853. The van der Waals surface area contributed by atoms with Crippen molar-refractivity contribution in [3.05, 3.63) is 0 Å². The average molecular weight is 141 g/mol. The maximum atomic E-state index is 10.2. The number of rotatable bonds is 3. The molecule has 0 fully saturated rings. The minimum Gasteiger partial charge on any atom is -1.00 e. The largest absolute Gasteiger partial charge is 1.00 e. The molecule has 3 nitrogen and oxygen atoms in total. The summed E-state index contributed by atoms with van der Waals surface area (Å²) in [5.41, 5.74) is 4.94. The first-order chi connectivity index (χ1) is 3.81. The maximum Gasteiger partial charge on any atom is 1.00 e. The van der Waals surface area contributed by atoms with Crippen molar-refractivity contribution < 1.29 is 40.5 Å². The van der Waals surface area contributed by atoms with Crippen molar-refractivity contribution in [2.45, 2.75) is 13.3 Å². The van der Waals surface area contributed by atoms with Crippen LogP contribution < -0.4 is 35.3 Å². The van der Waals surface area contributed by atoms with Gasteiger partial charge in [-0.05, 0) is 6.42 Å². The van der Waals surface area contributed by atoms with E-state index < -0.39 is 0 Å². The van der Waals surface area contributed by atoms with Crippen molar-refractivity contribution in [2.75, 3.05) is 13.2 Å². The van der Waals surface area contributed by atoms with Gasteiger partial charge in [0.05, 0.1) is 13.2 Å². The molecule has 0 amide bonds. The van der Waals surface area contributed by atoms with Crippen molar-refractivity contribution in [1.82, 2.24) is 0 Å². The Labute approximate surface area is 78.7 Å².